The van der Waals surface area contributed by atoms with Gasteiger partial charge in [0.15, 0.2) is 0 Å². The Morgan fingerprint density at radius 1 is 1.18 bits per heavy atom. The van der Waals surface area contributed by atoms with Crippen molar-refractivity contribution >= 4 is 45.1 Å². The Morgan fingerprint density at radius 3 is 2.54 bits per heavy atom. The number of aromatic nitrogens is 1. The van der Waals surface area contributed by atoms with Gasteiger partial charge in [0.1, 0.15) is 6.54 Å². The van der Waals surface area contributed by atoms with Crippen LogP contribution in [-0.2, 0) is 22.6 Å². The summed E-state index contributed by atoms with van der Waals surface area (Å²) in [5.74, 6) is -0.110. The van der Waals surface area contributed by atoms with Gasteiger partial charge in [-0.25, -0.2) is 0 Å². The van der Waals surface area contributed by atoms with Gasteiger partial charge in [0, 0.05) is 35.2 Å². The van der Waals surface area contributed by atoms with E-state index >= 15 is 0 Å². The second-order valence-corrected chi connectivity index (χ2v) is 11.2. The van der Waals surface area contributed by atoms with Crippen LogP contribution in [0.5, 0.6) is 0 Å². The zero-order valence-electron chi connectivity index (χ0n) is 23.2. The molecule has 8 heteroatoms. The molecule has 39 heavy (non-hydrogen) atoms. The van der Waals surface area contributed by atoms with E-state index in [-0.39, 0.29) is 30.4 Å². The summed E-state index contributed by atoms with van der Waals surface area (Å²) in [6.45, 7) is 13.2. The first-order chi connectivity index (χ1) is 18.7. The summed E-state index contributed by atoms with van der Waals surface area (Å²) in [4.78, 5) is 41.6. The molecular weight excluding hydrogens is 556 g/mol. The fourth-order valence-corrected chi connectivity index (χ4v) is 6.41. The Morgan fingerprint density at radius 2 is 1.87 bits per heavy atom. The normalized spacial score (nSPS) is 16.6. The number of fused-ring (bicyclic) bond motifs is 2. The van der Waals surface area contributed by atoms with Crippen LogP contribution in [0.15, 0.2) is 53.5 Å². The molecule has 7 nitrogen and oxygen atoms in total. The van der Waals surface area contributed by atoms with Crippen molar-refractivity contribution in [3.05, 3.63) is 81.5 Å². The molecule has 0 saturated carbocycles. The minimum absolute atomic E-state index is 0.0103. The van der Waals surface area contributed by atoms with E-state index in [0.29, 0.717) is 25.2 Å². The van der Waals surface area contributed by atoms with Crippen molar-refractivity contribution in [3.63, 3.8) is 0 Å². The number of nitrogens with zero attached hydrogens (tertiary/aromatic N) is 3. The molecule has 0 aliphatic carbocycles. The van der Waals surface area contributed by atoms with Crippen molar-refractivity contribution < 1.29 is 14.4 Å². The van der Waals surface area contributed by atoms with Gasteiger partial charge in [0.05, 0.1) is 23.2 Å². The van der Waals surface area contributed by atoms with E-state index < -0.39 is 0 Å². The quantitative estimate of drug-likeness (QED) is 0.311. The number of nitrogens with one attached hydrogen (secondary N) is 1. The zero-order chi connectivity index (χ0) is 28.3. The molecule has 0 radical (unpaired) electrons. The summed E-state index contributed by atoms with van der Waals surface area (Å²) in [7, 11) is 0. The van der Waals surface area contributed by atoms with Crippen LogP contribution in [0.1, 0.15) is 59.1 Å². The van der Waals surface area contributed by atoms with Crippen LogP contribution in [0.4, 0.5) is 0 Å². The molecular formula is C31H37BrN4O3. The van der Waals surface area contributed by atoms with E-state index in [9.17, 15) is 14.4 Å². The molecule has 2 aromatic carbocycles. The number of hydrogen-bond acceptors (Lipinski definition) is 3. The van der Waals surface area contributed by atoms with Crippen LogP contribution in [0.2, 0.25) is 0 Å². The van der Waals surface area contributed by atoms with Crippen LogP contribution in [-0.4, -0.2) is 58.3 Å². The second kappa shape index (κ2) is 12.2. The molecule has 1 N–H and O–H groups in total. The minimum Gasteiger partial charge on any atom is -0.348 e. The number of halogens is 1. The lowest BCUT2D eigenvalue weighted by atomic mass is 9.90. The van der Waals surface area contributed by atoms with E-state index in [2.05, 4.69) is 52.9 Å². The highest BCUT2D eigenvalue weighted by atomic mass is 79.9. The van der Waals surface area contributed by atoms with Gasteiger partial charge < -0.3 is 19.7 Å². The predicted molar refractivity (Wildman–Crippen MR) is 159 cm³/mol. The van der Waals surface area contributed by atoms with Crippen molar-refractivity contribution in [2.75, 3.05) is 19.6 Å². The molecule has 0 spiro atoms. The van der Waals surface area contributed by atoms with Gasteiger partial charge in [-0.3, -0.25) is 14.4 Å². The van der Waals surface area contributed by atoms with Gasteiger partial charge in [-0.05, 0) is 62.4 Å². The molecule has 1 fully saturated rings. The van der Waals surface area contributed by atoms with Gasteiger partial charge in [-0.2, -0.15) is 0 Å². The molecule has 5 rings (SSSR count). The summed E-state index contributed by atoms with van der Waals surface area (Å²) in [5.41, 5.74) is 5.90. The first kappa shape index (κ1) is 28.6. The van der Waals surface area contributed by atoms with Crippen LogP contribution < -0.4 is 5.32 Å². The largest absolute Gasteiger partial charge is 0.348 e. The van der Waals surface area contributed by atoms with E-state index in [0.717, 1.165) is 45.9 Å². The maximum Gasteiger partial charge on any atom is 0.256 e. The predicted octanol–water partition coefficient (Wildman–Crippen LogP) is 5.32. The molecule has 206 valence electrons. The Hall–Kier alpha value is -3.39. The number of aryl methyl sites for hydroxylation is 1. The smallest absolute Gasteiger partial charge is 0.256 e. The first-order valence-electron chi connectivity index (χ1n) is 13.5. The summed E-state index contributed by atoms with van der Waals surface area (Å²) < 4.78 is 2.87. The highest BCUT2D eigenvalue weighted by Gasteiger charge is 2.34. The van der Waals surface area contributed by atoms with Gasteiger partial charge in [-0.1, -0.05) is 53.2 Å². The summed E-state index contributed by atoms with van der Waals surface area (Å²) in [6.07, 6.45) is 4.22. The highest BCUT2D eigenvalue weighted by Crippen LogP contribution is 2.37. The maximum absolute atomic E-state index is 14.2. The molecule has 2 aliphatic rings. The minimum atomic E-state index is -0.120. The molecule has 2 aliphatic heterocycles. The molecule has 1 saturated heterocycles. The number of hydrogen-bond donors (Lipinski definition) is 1. The lowest BCUT2D eigenvalue weighted by Gasteiger charge is -2.37. The van der Waals surface area contributed by atoms with E-state index in [1.165, 1.54) is 11.1 Å². The SMILES string of the molecule is C=CC.CCC1c2ccccc2CCN1C(=O)c1c(C)n(CC(=O)NC2CN(C=O)C2)c2c(C)cc(Br)cc12. The maximum atomic E-state index is 14.2. The first-order valence-corrected chi connectivity index (χ1v) is 14.3. The summed E-state index contributed by atoms with van der Waals surface area (Å²) in [6, 6.07) is 12.4. The number of likely N-dealkylation sites (tertiary alicyclic amines) is 1. The Balaban J connectivity index is 0.00000112. The molecule has 1 atom stereocenters. The number of carbonyl (C=O) groups excluding carboxylic acids is 3. The van der Waals surface area contributed by atoms with Crippen molar-refractivity contribution in [2.45, 2.75) is 59.2 Å². The third kappa shape index (κ3) is 5.66. The Kier molecular flexibility index (Phi) is 8.95. The van der Waals surface area contributed by atoms with E-state index in [1.807, 2.05) is 48.4 Å². The number of rotatable bonds is 6. The topological polar surface area (TPSA) is 74.7 Å². The second-order valence-electron chi connectivity index (χ2n) is 10.3. The number of amides is 3. The molecule has 1 aromatic heterocycles. The highest BCUT2D eigenvalue weighted by molar-refractivity contribution is 9.10. The fraction of sp³-hybridized carbons (Fsp3) is 0.387. The van der Waals surface area contributed by atoms with Gasteiger partial charge in [0.2, 0.25) is 12.3 Å². The van der Waals surface area contributed by atoms with Gasteiger partial charge >= 0.3 is 0 Å². The molecule has 3 amide bonds. The number of benzene rings is 2. The zero-order valence-corrected chi connectivity index (χ0v) is 24.8. The molecule has 0 bridgehead atoms. The monoisotopic (exact) mass is 592 g/mol. The van der Waals surface area contributed by atoms with Crippen LogP contribution in [0.3, 0.4) is 0 Å². The van der Waals surface area contributed by atoms with Crippen molar-refractivity contribution in [1.29, 1.82) is 0 Å². The molecule has 3 heterocycles. The van der Waals surface area contributed by atoms with Crippen LogP contribution in [0.25, 0.3) is 10.9 Å². The molecule has 3 aromatic rings. The van der Waals surface area contributed by atoms with Crippen molar-refractivity contribution in [1.82, 2.24) is 19.7 Å². The fourth-order valence-electron chi connectivity index (χ4n) is 5.84. The van der Waals surface area contributed by atoms with Crippen LogP contribution in [0, 0.1) is 13.8 Å². The third-order valence-corrected chi connectivity index (χ3v) is 8.03. The Labute approximate surface area is 239 Å². The number of allylic oxidation sites excluding steroid dienone is 1. The summed E-state index contributed by atoms with van der Waals surface area (Å²) in [5, 5.41) is 3.88. The average molecular weight is 594 g/mol. The lowest BCUT2D eigenvalue weighted by Crippen LogP contribution is -2.58. The lowest BCUT2D eigenvalue weighted by molar-refractivity contribution is -0.128. The third-order valence-electron chi connectivity index (χ3n) is 7.57. The van der Waals surface area contributed by atoms with Crippen LogP contribution >= 0.6 is 15.9 Å². The van der Waals surface area contributed by atoms with Crippen molar-refractivity contribution in [2.24, 2.45) is 0 Å². The van der Waals surface area contributed by atoms with Gasteiger partial charge in [0.25, 0.3) is 5.91 Å². The summed E-state index contributed by atoms with van der Waals surface area (Å²) >= 11 is 3.61. The van der Waals surface area contributed by atoms with Crippen molar-refractivity contribution in [3.8, 4) is 0 Å². The van der Waals surface area contributed by atoms with E-state index in [1.54, 1.807) is 11.0 Å². The average Bonchev–Trinajstić information content (AvgIpc) is 3.15. The molecule has 1 unspecified atom stereocenters. The van der Waals surface area contributed by atoms with Gasteiger partial charge in [-0.15, -0.1) is 6.58 Å². The Bertz CT molecular complexity index is 1410. The van der Waals surface area contributed by atoms with E-state index in [4.69, 9.17) is 0 Å². The number of carbonyl (C=O) groups is 3. The standard InChI is InChI=1S/C28H31BrN4O3.C3H6/c1-4-24-22-8-6-5-7-19(22)9-10-32(24)28(36)26-18(3)33(27-17(2)11-20(29)12-23(26)27)15-25(35)30-21-13-31(14-21)16-34;1-3-2/h5-8,11-12,16,21,24H,4,9-10,13-15H2,1-3H3,(H,30,35);3H,1H2,2H3.